The van der Waals surface area contributed by atoms with E-state index < -0.39 is 22.4 Å². The van der Waals surface area contributed by atoms with Crippen molar-refractivity contribution in [1.82, 2.24) is 0 Å². The van der Waals surface area contributed by atoms with Crippen LogP contribution in [0.15, 0.2) is 22.7 Å². The van der Waals surface area contributed by atoms with Crippen LogP contribution in [-0.4, -0.2) is 18.1 Å². The Morgan fingerprint density at radius 1 is 1.59 bits per heavy atom. The van der Waals surface area contributed by atoms with Crippen molar-refractivity contribution in [2.45, 2.75) is 17.6 Å². The van der Waals surface area contributed by atoms with E-state index in [9.17, 15) is 9.18 Å². The number of epoxide rings is 1. The van der Waals surface area contributed by atoms with Gasteiger partial charge in [0.05, 0.1) is 7.11 Å². The molecular weight excluding hydrogens is 314 g/mol. The molecule has 1 aliphatic rings. The number of alkyl halides is 1. The maximum atomic E-state index is 13.7. The van der Waals surface area contributed by atoms with E-state index in [-0.39, 0.29) is 5.56 Å². The van der Waals surface area contributed by atoms with Crippen LogP contribution in [0.3, 0.4) is 0 Å². The lowest BCUT2D eigenvalue weighted by molar-refractivity contribution is -0.143. The Bertz CT molecular complexity index is 496. The number of benzene rings is 1. The summed E-state index contributed by atoms with van der Waals surface area (Å²) in [6.45, 7) is 1.54. The quantitative estimate of drug-likeness (QED) is 0.477. The first-order valence-electron chi connectivity index (χ1n) is 4.78. The first kappa shape index (κ1) is 12.8. The van der Waals surface area contributed by atoms with Gasteiger partial charge in [0.25, 0.3) is 5.06 Å². The minimum absolute atomic E-state index is 0.215. The lowest BCUT2D eigenvalue weighted by Crippen LogP contribution is -2.27. The van der Waals surface area contributed by atoms with Crippen molar-refractivity contribution in [3.8, 4) is 0 Å². The molecule has 1 aromatic carbocycles. The van der Waals surface area contributed by atoms with Crippen LogP contribution < -0.4 is 0 Å². The predicted octanol–water partition coefficient (Wildman–Crippen LogP) is 2.94. The number of carbonyl (C=O) groups excluding carboxylic acids is 1. The van der Waals surface area contributed by atoms with Gasteiger partial charge in [-0.3, -0.25) is 0 Å². The number of methoxy groups -OCH3 is 1. The van der Waals surface area contributed by atoms with E-state index in [2.05, 4.69) is 20.7 Å². The minimum atomic E-state index is -1.65. The molecule has 17 heavy (non-hydrogen) atoms. The normalized spacial score (nSPS) is 31.1. The van der Waals surface area contributed by atoms with Gasteiger partial charge in [0.15, 0.2) is 5.60 Å². The summed E-state index contributed by atoms with van der Waals surface area (Å²) in [7, 11) is 1.20. The molecule has 0 aromatic heterocycles. The van der Waals surface area contributed by atoms with Crippen LogP contribution in [0.5, 0.6) is 0 Å². The average molecular weight is 324 g/mol. The van der Waals surface area contributed by atoms with Gasteiger partial charge in [0.2, 0.25) is 0 Å². The molecule has 0 saturated carbocycles. The van der Waals surface area contributed by atoms with Gasteiger partial charge in [0.1, 0.15) is 5.82 Å². The second-order valence-electron chi connectivity index (χ2n) is 3.85. The van der Waals surface area contributed by atoms with Gasteiger partial charge in [-0.1, -0.05) is 27.5 Å². The minimum Gasteiger partial charge on any atom is -0.466 e. The molecule has 0 aliphatic carbocycles. The Kier molecular flexibility index (Phi) is 2.96. The van der Waals surface area contributed by atoms with Gasteiger partial charge in [-0.25, -0.2) is 9.18 Å². The zero-order valence-corrected chi connectivity index (χ0v) is 11.4. The molecule has 1 aliphatic heterocycles. The van der Waals surface area contributed by atoms with Crippen molar-refractivity contribution in [1.29, 1.82) is 0 Å². The second kappa shape index (κ2) is 3.93. The summed E-state index contributed by atoms with van der Waals surface area (Å²) in [6.07, 6.45) is 0. The molecule has 0 spiro atoms. The number of carbonyl (C=O) groups is 1. The fourth-order valence-corrected chi connectivity index (χ4v) is 2.41. The van der Waals surface area contributed by atoms with Crippen molar-refractivity contribution in [2.24, 2.45) is 0 Å². The maximum absolute atomic E-state index is 13.7. The molecule has 1 saturated heterocycles. The number of esters is 1. The van der Waals surface area contributed by atoms with E-state index in [0.29, 0.717) is 4.47 Å². The molecule has 0 bridgehead atoms. The topological polar surface area (TPSA) is 38.8 Å². The molecule has 2 atom stereocenters. The highest BCUT2D eigenvalue weighted by atomic mass is 79.9. The summed E-state index contributed by atoms with van der Waals surface area (Å²) in [6, 6.07) is 4.36. The van der Waals surface area contributed by atoms with Crippen molar-refractivity contribution in [3.05, 3.63) is 34.1 Å². The van der Waals surface area contributed by atoms with Crippen molar-refractivity contribution in [2.75, 3.05) is 7.11 Å². The molecule has 0 amide bonds. The molecule has 1 aromatic rings. The van der Waals surface area contributed by atoms with E-state index in [1.807, 2.05) is 0 Å². The van der Waals surface area contributed by atoms with Gasteiger partial charge in [-0.15, -0.1) is 0 Å². The Balaban J connectivity index is 2.43. The fourth-order valence-electron chi connectivity index (χ4n) is 1.71. The first-order valence-corrected chi connectivity index (χ1v) is 5.95. The highest BCUT2D eigenvalue weighted by molar-refractivity contribution is 9.10. The molecule has 92 valence electrons. The molecule has 2 unspecified atom stereocenters. The van der Waals surface area contributed by atoms with E-state index in [4.69, 9.17) is 16.3 Å². The van der Waals surface area contributed by atoms with Crippen LogP contribution in [0.2, 0.25) is 0 Å². The highest BCUT2D eigenvalue weighted by Gasteiger charge is 2.74. The second-order valence-corrected chi connectivity index (χ2v) is 5.29. The zero-order chi connectivity index (χ0) is 12.8. The molecule has 0 radical (unpaired) electrons. The van der Waals surface area contributed by atoms with Crippen molar-refractivity contribution in [3.63, 3.8) is 0 Å². The third-order valence-electron chi connectivity index (χ3n) is 2.81. The Morgan fingerprint density at radius 2 is 2.24 bits per heavy atom. The van der Waals surface area contributed by atoms with Crippen molar-refractivity contribution >= 4 is 33.5 Å². The number of hydrogen-bond donors (Lipinski definition) is 0. The highest BCUT2D eigenvalue weighted by Crippen LogP contribution is 2.59. The average Bonchev–Trinajstić information content (AvgIpc) is 2.86. The van der Waals surface area contributed by atoms with Crippen LogP contribution in [0.1, 0.15) is 12.5 Å². The lowest BCUT2D eigenvalue weighted by atomic mass is 9.96. The molecule has 6 heteroatoms. The van der Waals surface area contributed by atoms with Crippen LogP contribution in [0.25, 0.3) is 0 Å². The zero-order valence-electron chi connectivity index (χ0n) is 9.09. The standard InChI is InChI=1S/C11H9BrClFO3/c1-10(11(13,17-10)9(15)16-2)7-5-6(12)3-4-8(7)14/h3-5H,1-2H3. The Labute approximate surface area is 111 Å². The summed E-state index contributed by atoms with van der Waals surface area (Å²) >= 11 is 9.21. The van der Waals surface area contributed by atoms with E-state index in [1.54, 1.807) is 13.0 Å². The predicted molar refractivity (Wildman–Crippen MR) is 63.1 cm³/mol. The van der Waals surface area contributed by atoms with Crippen LogP contribution in [0, 0.1) is 5.82 Å². The largest absolute Gasteiger partial charge is 0.466 e. The van der Waals surface area contributed by atoms with Crippen LogP contribution in [0.4, 0.5) is 4.39 Å². The van der Waals surface area contributed by atoms with Crippen molar-refractivity contribution < 1.29 is 18.7 Å². The Morgan fingerprint density at radius 3 is 2.82 bits per heavy atom. The summed E-state index contributed by atoms with van der Waals surface area (Å²) < 4.78 is 24.1. The molecular formula is C11H9BrClFO3. The van der Waals surface area contributed by atoms with E-state index >= 15 is 0 Å². The maximum Gasteiger partial charge on any atom is 0.357 e. The summed E-state index contributed by atoms with van der Waals surface area (Å²) in [5.74, 6) is -1.22. The van der Waals surface area contributed by atoms with Gasteiger partial charge < -0.3 is 9.47 Å². The summed E-state index contributed by atoms with van der Waals surface area (Å²) in [5.41, 5.74) is -0.998. The molecule has 0 N–H and O–H groups in total. The molecule has 1 fully saturated rings. The summed E-state index contributed by atoms with van der Waals surface area (Å²) in [4.78, 5) is 11.5. The van der Waals surface area contributed by atoms with Crippen LogP contribution in [-0.2, 0) is 19.9 Å². The van der Waals surface area contributed by atoms with E-state index in [1.165, 1.54) is 19.2 Å². The number of hydrogen-bond acceptors (Lipinski definition) is 3. The van der Waals surface area contributed by atoms with Gasteiger partial charge in [-0.2, -0.15) is 0 Å². The number of rotatable bonds is 2. The number of ether oxygens (including phenoxy) is 2. The summed E-state index contributed by atoms with van der Waals surface area (Å²) in [5, 5.41) is -1.65. The van der Waals surface area contributed by atoms with Crippen LogP contribution >= 0.6 is 27.5 Å². The third kappa shape index (κ3) is 1.77. The monoisotopic (exact) mass is 322 g/mol. The number of halogens is 3. The first-order chi connectivity index (χ1) is 7.85. The SMILES string of the molecule is COC(=O)C1(Cl)OC1(C)c1cc(Br)ccc1F. The lowest BCUT2D eigenvalue weighted by Gasteiger charge is -2.11. The van der Waals surface area contributed by atoms with Gasteiger partial charge in [0, 0.05) is 10.0 Å². The van der Waals surface area contributed by atoms with E-state index in [0.717, 1.165) is 0 Å². The van der Waals surface area contributed by atoms with Gasteiger partial charge >= 0.3 is 5.97 Å². The molecule has 2 rings (SSSR count). The molecule has 1 heterocycles. The third-order valence-corrected chi connectivity index (χ3v) is 3.89. The Hall–Kier alpha value is -0.650. The fraction of sp³-hybridized carbons (Fsp3) is 0.364. The smallest absolute Gasteiger partial charge is 0.357 e. The van der Waals surface area contributed by atoms with Gasteiger partial charge in [-0.05, 0) is 25.1 Å². The molecule has 3 nitrogen and oxygen atoms in total.